The molecule has 0 bridgehead atoms. The third-order valence-corrected chi connectivity index (χ3v) is 6.76. The van der Waals surface area contributed by atoms with Gasteiger partial charge in [-0.25, -0.2) is 4.39 Å². The zero-order valence-electron chi connectivity index (χ0n) is 16.8. The number of rotatable bonds is 2. The van der Waals surface area contributed by atoms with E-state index < -0.39 is 40.5 Å². The molecule has 1 saturated carbocycles. The number of nitrogens with one attached hydrogen (secondary N) is 1. The van der Waals surface area contributed by atoms with Crippen LogP contribution in [0.15, 0.2) is 30.3 Å². The summed E-state index contributed by atoms with van der Waals surface area (Å²) in [5.41, 5.74) is -2.92. The number of carbonyl (C=O) groups excluding carboxylic acids is 2. The first-order valence-electron chi connectivity index (χ1n) is 10.00. The molecule has 0 radical (unpaired) electrons. The Balaban J connectivity index is 1.64. The third-order valence-electron chi connectivity index (χ3n) is 6.39. The Bertz CT molecular complexity index is 1300. The van der Waals surface area contributed by atoms with Gasteiger partial charge in [-0.3, -0.25) is 14.5 Å². The van der Waals surface area contributed by atoms with Gasteiger partial charge in [-0.15, -0.1) is 0 Å². The molecular weight excluding hydrogens is 460 g/mol. The van der Waals surface area contributed by atoms with Crippen molar-refractivity contribution < 1.29 is 27.2 Å². The molecule has 2 aromatic carbocycles. The number of nitrogens with zero attached hydrogens (tertiary/aromatic N) is 3. The molecule has 1 saturated heterocycles. The molecule has 11 heteroatoms. The first-order chi connectivity index (χ1) is 15.6. The molecule has 0 unspecified atom stereocenters. The monoisotopic (exact) mass is 474 g/mol. The fourth-order valence-corrected chi connectivity index (χ4v) is 5.08. The summed E-state index contributed by atoms with van der Waals surface area (Å²) < 4.78 is 55.9. The summed E-state index contributed by atoms with van der Waals surface area (Å²) >= 11 is 5.48. The maximum Gasteiger partial charge on any atom is 0.417 e. The van der Waals surface area contributed by atoms with Gasteiger partial charge in [0.25, 0.3) is 11.8 Å². The SMILES string of the molecule is N#Cc1ccc(N2C(=O)C3(CCC3)N(c3ccc4c(c3F)C(=O)NC4)C2=S)cc1C(F)(F)F. The fourth-order valence-electron chi connectivity index (χ4n) is 4.62. The molecule has 2 amide bonds. The van der Waals surface area contributed by atoms with Crippen molar-refractivity contribution in [3.8, 4) is 6.07 Å². The predicted octanol–water partition coefficient (Wildman–Crippen LogP) is 4.02. The van der Waals surface area contributed by atoms with Crippen molar-refractivity contribution in [3.05, 3.63) is 58.4 Å². The predicted molar refractivity (Wildman–Crippen MR) is 113 cm³/mol. The molecule has 168 valence electrons. The van der Waals surface area contributed by atoms with Crippen LogP contribution in [-0.2, 0) is 17.5 Å². The van der Waals surface area contributed by atoms with Crippen molar-refractivity contribution >= 4 is 40.5 Å². The number of benzene rings is 2. The molecular formula is C22H14F4N4O2S. The van der Waals surface area contributed by atoms with E-state index in [4.69, 9.17) is 17.5 Å². The highest BCUT2D eigenvalue weighted by molar-refractivity contribution is 7.81. The summed E-state index contributed by atoms with van der Waals surface area (Å²) in [5.74, 6) is -1.98. The van der Waals surface area contributed by atoms with Gasteiger partial charge in [-0.2, -0.15) is 18.4 Å². The summed E-state index contributed by atoms with van der Waals surface area (Å²) in [5, 5.41) is 11.4. The number of hydrogen-bond donors (Lipinski definition) is 1. The molecule has 5 rings (SSSR count). The molecule has 2 heterocycles. The molecule has 2 aliphatic heterocycles. The van der Waals surface area contributed by atoms with Gasteiger partial charge in [0.1, 0.15) is 5.54 Å². The van der Waals surface area contributed by atoms with Gasteiger partial charge in [0.15, 0.2) is 10.9 Å². The number of amides is 2. The number of halogens is 4. The summed E-state index contributed by atoms with van der Waals surface area (Å²) in [6.45, 7) is 0.178. The number of nitriles is 1. The van der Waals surface area contributed by atoms with Crippen LogP contribution < -0.4 is 15.1 Å². The molecule has 1 N–H and O–H groups in total. The quantitative estimate of drug-likeness (QED) is 0.526. The van der Waals surface area contributed by atoms with E-state index in [1.165, 1.54) is 23.1 Å². The lowest BCUT2D eigenvalue weighted by atomic mass is 9.75. The van der Waals surface area contributed by atoms with E-state index >= 15 is 4.39 Å². The topological polar surface area (TPSA) is 76.4 Å². The van der Waals surface area contributed by atoms with Crippen LogP contribution in [0.1, 0.15) is 46.3 Å². The van der Waals surface area contributed by atoms with Crippen molar-refractivity contribution in [2.75, 3.05) is 9.80 Å². The lowest BCUT2D eigenvalue weighted by Gasteiger charge is -2.43. The standard InChI is InChI=1S/C22H14F4N4O2S/c23-17-15(5-3-12-10-28-18(31)16(12)17)30-20(33)29(19(32)21(30)6-1-7-21)13-4-2-11(9-27)14(8-13)22(24,25)26/h2-5,8H,1,6-7,10H2,(H,28,31). The van der Waals surface area contributed by atoms with Crippen LogP contribution in [0.2, 0.25) is 0 Å². The Morgan fingerprint density at radius 1 is 1.15 bits per heavy atom. The largest absolute Gasteiger partial charge is 0.417 e. The Morgan fingerprint density at radius 2 is 1.88 bits per heavy atom. The second kappa shape index (κ2) is 6.99. The van der Waals surface area contributed by atoms with Crippen LogP contribution in [0, 0.1) is 17.1 Å². The maximum atomic E-state index is 15.5. The lowest BCUT2D eigenvalue weighted by molar-refractivity contribution is -0.137. The highest BCUT2D eigenvalue weighted by atomic mass is 32.1. The number of fused-ring (bicyclic) bond motifs is 1. The van der Waals surface area contributed by atoms with Crippen molar-refractivity contribution in [1.29, 1.82) is 5.26 Å². The van der Waals surface area contributed by atoms with E-state index in [1.807, 2.05) is 0 Å². The van der Waals surface area contributed by atoms with E-state index in [1.54, 1.807) is 6.07 Å². The van der Waals surface area contributed by atoms with E-state index in [0.29, 0.717) is 30.9 Å². The Kier molecular flexibility index (Phi) is 4.52. The van der Waals surface area contributed by atoms with Crippen molar-refractivity contribution in [2.45, 2.75) is 37.5 Å². The Labute approximate surface area is 190 Å². The van der Waals surface area contributed by atoms with Crippen LogP contribution >= 0.6 is 12.2 Å². The summed E-state index contributed by atoms with van der Waals surface area (Å²) in [6.07, 6.45) is -3.52. The summed E-state index contributed by atoms with van der Waals surface area (Å²) in [7, 11) is 0. The van der Waals surface area contributed by atoms with Gasteiger partial charge in [0.2, 0.25) is 0 Å². The van der Waals surface area contributed by atoms with Crippen LogP contribution in [-0.4, -0.2) is 22.5 Å². The number of thiocarbonyl (C=S) groups is 1. The molecule has 1 spiro atoms. The second-order valence-electron chi connectivity index (χ2n) is 8.10. The third kappa shape index (κ3) is 2.87. The molecule has 6 nitrogen and oxygen atoms in total. The van der Waals surface area contributed by atoms with Crippen molar-refractivity contribution in [1.82, 2.24) is 5.32 Å². The molecule has 1 aliphatic carbocycles. The molecule has 0 atom stereocenters. The van der Waals surface area contributed by atoms with Crippen molar-refractivity contribution in [2.24, 2.45) is 0 Å². The minimum atomic E-state index is -4.82. The molecule has 2 fully saturated rings. The van der Waals surface area contributed by atoms with E-state index in [9.17, 15) is 22.8 Å². The minimum absolute atomic E-state index is 0.0731. The molecule has 3 aliphatic rings. The number of anilines is 2. The van der Waals surface area contributed by atoms with E-state index in [2.05, 4.69) is 5.32 Å². The number of alkyl halides is 3. The maximum absolute atomic E-state index is 15.5. The first-order valence-corrected chi connectivity index (χ1v) is 10.4. The lowest BCUT2D eigenvalue weighted by Crippen LogP contribution is -2.55. The second-order valence-corrected chi connectivity index (χ2v) is 8.46. The van der Waals surface area contributed by atoms with Crippen LogP contribution in [0.3, 0.4) is 0 Å². The molecule has 0 aromatic heterocycles. The van der Waals surface area contributed by atoms with E-state index in [-0.39, 0.29) is 28.6 Å². The van der Waals surface area contributed by atoms with Crippen LogP contribution in [0.4, 0.5) is 28.9 Å². The highest BCUT2D eigenvalue weighted by Crippen LogP contribution is 2.49. The number of carbonyl (C=O) groups is 2. The van der Waals surface area contributed by atoms with Crippen molar-refractivity contribution in [3.63, 3.8) is 0 Å². The zero-order chi connectivity index (χ0) is 23.7. The number of hydrogen-bond acceptors (Lipinski definition) is 4. The van der Waals surface area contributed by atoms with Gasteiger partial charge in [0, 0.05) is 6.54 Å². The highest BCUT2D eigenvalue weighted by Gasteiger charge is 2.60. The smallest absolute Gasteiger partial charge is 0.348 e. The zero-order valence-corrected chi connectivity index (χ0v) is 17.6. The Hall–Kier alpha value is -3.52. The average molecular weight is 474 g/mol. The average Bonchev–Trinajstić information content (AvgIpc) is 3.22. The van der Waals surface area contributed by atoms with Gasteiger partial charge >= 0.3 is 6.18 Å². The summed E-state index contributed by atoms with van der Waals surface area (Å²) in [4.78, 5) is 27.9. The van der Waals surface area contributed by atoms with Gasteiger partial charge < -0.3 is 10.2 Å². The normalized spacial score (nSPS) is 18.9. The Morgan fingerprint density at radius 3 is 2.48 bits per heavy atom. The minimum Gasteiger partial charge on any atom is -0.348 e. The van der Waals surface area contributed by atoms with E-state index in [0.717, 1.165) is 11.0 Å². The first kappa shape index (κ1) is 21.3. The fraction of sp³-hybridized carbons (Fsp3) is 0.273. The van der Waals surface area contributed by atoms with Gasteiger partial charge in [-0.1, -0.05) is 6.07 Å². The molecule has 2 aromatic rings. The van der Waals surface area contributed by atoms with Gasteiger partial charge in [-0.05, 0) is 61.3 Å². The van der Waals surface area contributed by atoms with Crippen LogP contribution in [0.5, 0.6) is 0 Å². The summed E-state index contributed by atoms with van der Waals surface area (Å²) in [6, 6.07) is 7.38. The van der Waals surface area contributed by atoms with Gasteiger partial charge in [0.05, 0.1) is 34.1 Å². The molecule has 33 heavy (non-hydrogen) atoms. The van der Waals surface area contributed by atoms with Crippen LogP contribution in [0.25, 0.3) is 0 Å².